The van der Waals surface area contributed by atoms with E-state index in [-0.39, 0.29) is 30.5 Å². The molecule has 0 aliphatic carbocycles. The second-order valence-electron chi connectivity index (χ2n) is 4.13. The number of ether oxygens (including phenoxy) is 1. The zero-order valence-electron chi connectivity index (χ0n) is 10.5. The van der Waals surface area contributed by atoms with Crippen molar-refractivity contribution in [3.05, 3.63) is 69.5 Å². The zero-order valence-corrected chi connectivity index (χ0v) is 10.5. The first-order valence-corrected chi connectivity index (χ1v) is 5.85. The van der Waals surface area contributed by atoms with Crippen molar-refractivity contribution < 1.29 is 19.2 Å². The van der Waals surface area contributed by atoms with Crippen molar-refractivity contribution in [2.24, 2.45) is 0 Å². The van der Waals surface area contributed by atoms with Crippen molar-refractivity contribution in [3.63, 3.8) is 0 Å². The molecule has 0 atom stereocenters. The molecule has 6 heteroatoms. The van der Waals surface area contributed by atoms with Crippen LogP contribution in [-0.4, -0.2) is 10.0 Å². The van der Waals surface area contributed by atoms with Crippen molar-refractivity contribution in [1.82, 2.24) is 0 Å². The third-order valence-electron chi connectivity index (χ3n) is 2.71. The predicted octanol–water partition coefficient (Wildman–Crippen LogP) is 2.81. The van der Waals surface area contributed by atoms with Gasteiger partial charge in [-0.25, -0.2) is 4.39 Å². The van der Waals surface area contributed by atoms with Gasteiger partial charge in [0.05, 0.1) is 11.5 Å². The van der Waals surface area contributed by atoms with Crippen molar-refractivity contribution >= 4 is 5.69 Å². The molecule has 20 heavy (non-hydrogen) atoms. The van der Waals surface area contributed by atoms with Gasteiger partial charge in [-0.1, -0.05) is 12.1 Å². The summed E-state index contributed by atoms with van der Waals surface area (Å²) in [5.74, 6) is -0.284. The second kappa shape index (κ2) is 6.12. The van der Waals surface area contributed by atoms with E-state index in [1.165, 1.54) is 42.5 Å². The van der Waals surface area contributed by atoms with Crippen LogP contribution < -0.4 is 4.74 Å². The van der Waals surface area contributed by atoms with Crippen LogP contribution in [0, 0.1) is 15.9 Å². The highest BCUT2D eigenvalue weighted by Crippen LogP contribution is 2.28. The number of nitro groups is 1. The molecule has 2 aromatic carbocycles. The first kappa shape index (κ1) is 14.0. The number of benzene rings is 2. The summed E-state index contributed by atoms with van der Waals surface area (Å²) in [7, 11) is 0. The average molecular weight is 277 g/mol. The zero-order chi connectivity index (χ0) is 14.5. The van der Waals surface area contributed by atoms with E-state index in [9.17, 15) is 14.5 Å². The van der Waals surface area contributed by atoms with Crippen molar-refractivity contribution in [2.75, 3.05) is 0 Å². The van der Waals surface area contributed by atoms with Crippen LogP contribution >= 0.6 is 0 Å². The monoisotopic (exact) mass is 277 g/mol. The fraction of sp³-hybridized carbons (Fsp3) is 0.143. The Morgan fingerprint density at radius 2 is 1.80 bits per heavy atom. The van der Waals surface area contributed by atoms with Crippen LogP contribution in [0.4, 0.5) is 10.1 Å². The highest BCUT2D eigenvalue weighted by molar-refractivity contribution is 5.48. The molecule has 0 saturated heterocycles. The minimum atomic E-state index is -0.554. The Hall–Kier alpha value is -2.47. The van der Waals surface area contributed by atoms with Crippen LogP contribution in [0.5, 0.6) is 5.75 Å². The third-order valence-corrected chi connectivity index (χ3v) is 2.71. The van der Waals surface area contributed by atoms with Crippen molar-refractivity contribution in [1.29, 1.82) is 0 Å². The molecule has 0 unspecified atom stereocenters. The van der Waals surface area contributed by atoms with E-state index in [4.69, 9.17) is 9.84 Å². The maximum Gasteiger partial charge on any atom is 0.310 e. The molecule has 104 valence electrons. The van der Waals surface area contributed by atoms with E-state index in [2.05, 4.69) is 0 Å². The van der Waals surface area contributed by atoms with Crippen molar-refractivity contribution in [3.8, 4) is 5.75 Å². The number of nitro benzene ring substituents is 1. The Bertz CT molecular complexity index is 613. The van der Waals surface area contributed by atoms with Crippen LogP contribution in [0.1, 0.15) is 11.1 Å². The molecule has 0 fully saturated rings. The highest BCUT2D eigenvalue weighted by Gasteiger charge is 2.15. The molecule has 0 bridgehead atoms. The molecule has 0 saturated carbocycles. The van der Waals surface area contributed by atoms with Crippen LogP contribution in [0.15, 0.2) is 42.5 Å². The molecule has 1 N–H and O–H groups in total. The predicted molar refractivity (Wildman–Crippen MR) is 69.8 cm³/mol. The first-order chi connectivity index (χ1) is 9.60. The minimum Gasteiger partial charge on any atom is -0.482 e. The number of hydrogen-bond donors (Lipinski definition) is 1. The number of nitrogens with zero attached hydrogens (tertiary/aromatic N) is 1. The lowest BCUT2D eigenvalue weighted by Gasteiger charge is -2.08. The van der Waals surface area contributed by atoms with Crippen molar-refractivity contribution in [2.45, 2.75) is 13.2 Å². The summed E-state index contributed by atoms with van der Waals surface area (Å²) < 4.78 is 18.2. The largest absolute Gasteiger partial charge is 0.482 e. The number of aliphatic hydroxyl groups excluding tert-OH is 1. The molecule has 0 aliphatic rings. The molecular formula is C14H12FNO4. The van der Waals surface area contributed by atoms with E-state index in [0.29, 0.717) is 11.1 Å². The van der Waals surface area contributed by atoms with E-state index in [0.717, 1.165) is 0 Å². The summed E-state index contributed by atoms with van der Waals surface area (Å²) in [6, 6.07) is 9.82. The smallest absolute Gasteiger partial charge is 0.310 e. The minimum absolute atomic E-state index is 0.0749. The van der Waals surface area contributed by atoms with Gasteiger partial charge in [0.1, 0.15) is 12.4 Å². The lowest BCUT2D eigenvalue weighted by Crippen LogP contribution is -2.00. The van der Waals surface area contributed by atoms with E-state index < -0.39 is 4.92 Å². The molecule has 2 rings (SSSR count). The molecule has 0 heterocycles. The molecular weight excluding hydrogens is 265 g/mol. The van der Waals surface area contributed by atoms with Gasteiger partial charge < -0.3 is 9.84 Å². The molecule has 2 aromatic rings. The average Bonchev–Trinajstić information content (AvgIpc) is 2.46. The number of hydrogen-bond acceptors (Lipinski definition) is 4. The summed E-state index contributed by atoms with van der Waals surface area (Å²) in [5, 5.41) is 19.9. The van der Waals surface area contributed by atoms with Gasteiger partial charge in [0.15, 0.2) is 5.75 Å². The Labute approximate surface area is 114 Å². The highest BCUT2D eigenvalue weighted by atomic mass is 19.1. The van der Waals surface area contributed by atoms with Crippen LogP contribution in [0.2, 0.25) is 0 Å². The van der Waals surface area contributed by atoms with Gasteiger partial charge >= 0.3 is 5.69 Å². The van der Waals surface area contributed by atoms with Gasteiger partial charge in [0, 0.05) is 6.07 Å². The Morgan fingerprint density at radius 1 is 1.15 bits per heavy atom. The van der Waals surface area contributed by atoms with E-state index in [1.54, 1.807) is 0 Å². The van der Waals surface area contributed by atoms with Gasteiger partial charge in [-0.3, -0.25) is 10.1 Å². The quantitative estimate of drug-likeness (QED) is 0.673. The Morgan fingerprint density at radius 3 is 2.40 bits per heavy atom. The van der Waals surface area contributed by atoms with Gasteiger partial charge in [0.2, 0.25) is 0 Å². The normalized spacial score (nSPS) is 10.3. The lowest BCUT2D eigenvalue weighted by molar-refractivity contribution is -0.386. The summed E-state index contributed by atoms with van der Waals surface area (Å²) in [4.78, 5) is 10.3. The molecule has 0 aliphatic heterocycles. The number of halogens is 1. The summed E-state index contributed by atoms with van der Waals surface area (Å²) in [6.07, 6.45) is 0. The Kier molecular flexibility index (Phi) is 4.27. The van der Waals surface area contributed by atoms with Gasteiger partial charge in [-0.2, -0.15) is 0 Å². The number of aliphatic hydroxyl groups is 1. The SMILES string of the molecule is O=[N+]([O-])c1ccc(CO)cc1OCc1ccc(F)cc1. The summed E-state index contributed by atoms with van der Waals surface area (Å²) >= 11 is 0. The maximum atomic E-state index is 12.8. The van der Waals surface area contributed by atoms with Crippen LogP contribution in [0.3, 0.4) is 0 Å². The molecule has 0 spiro atoms. The molecule has 0 amide bonds. The van der Waals surface area contributed by atoms with Gasteiger partial charge in [0.25, 0.3) is 0 Å². The van der Waals surface area contributed by atoms with Gasteiger partial charge in [-0.15, -0.1) is 0 Å². The van der Waals surface area contributed by atoms with E-state index >= 15 is 0 Å². The fourth-order valence-corrected chi connectivity index (χ4v) is 1.67. The molecule has 0 aromatic heterocycles. The first-order valence-electron chi connectivity index (χ1n) is 5.85. The second-order valence-corrected chi connectivity index (χ2v) is 4.13. The Balaban J connectivity index is 2.18. The molecule has 5 nitrogen and oxygen atoms in total. The summed E-state index contributed by atoms with van der Waals surface area (Å²) in [6.45, 7) is -0.152. The standard InChI is InChI=1S/C14H12FNO4/c15-12-4-1-10(2-5-12)9-20-14-7-11(8-17)3-6-13(14)16(18)19/h1-7,17H,8-9H2. The third kappa shape index (κ3) is 3.30. The van der Waals surface area contributed by atoms with Gasteiger partial charge in [-0.05, 0) is 35.4 Å². The van der Waals surface area contributed by atoms with Crippen LogP contribution in [0.25, 0.3) is 0 Å². The maximum absolute atomic E-state index is 12.8. The summed E-state index contributed by atoms with van der Waals surface area (Å²) in [5.41, 5.74) is 1.03. The fourth-order valence-electron chi connectivity index (χ4n) is 1.67. The topological polar surface area (TPSA) is 72.6 Å². The van der Waals surface area contributed by atoms with E-state index in [1.807, 2.05) is 0 Å². The molecule has 0 radical (unpaired) electrons. The lowest BCUT2D eigenvalue weighted by atomic mass is 10.2. The number of rotatable bonds is 5. The van der Waals surface area contributed by atoms with Crippen LogP contribution in [-0.2, 0) is 13.2 Å².